The van der Waals surface area contributed by atoms with Crippen molar-refractivity contribution in [2.45, 2.75) is 25.9 Å². The molecule has 2 heterocycles. The Balaban J connectivity index is 1.34. The van der Waals surface area contributed by atoms with Gasteiger partial charge in [-0.2, -0.15) is 5.10 Å². The molecule has 0 saturated carbocycles. The van der Waals surface area contributed by atoms with Crippen LogP contribution in [0, 0.1) is 0 Å². The molecule has 0 bridgehead atoms. The minimum atomic E-state index is -0.0959. The zero-order chi connectivity index (χ0) is 20.9. The Morgan fingerprint density at radius 3 is 2.63 bits per heavy atom. The molecular weight excluding hydrogens is 400 g/mol. The highest BCUT2D eigenvalue weighted by Gasteiger charge is 2.19. The smallest absolute Gasteiger partial charge is 0.224 e. The molecule has 7 heteroatoms. The molecule has 0 radical (unpaired) electrons. The van der Waals surface area contributed by atoms with E-state index in [1.54, 1.807) is 10.7 Å². The van der Waals surface area contributed by atoms with Crippen molar-refractivity contribution in [1.82, 2.24) is 19.6 Å². The monoisotopic (exact) mass is 424 g/mol. The zero-order valence-corrected chi connectivity index (χ0v) is 17.6. The van der Waals surface area contributed by atoms with Crippen LogP contribution in [0.1, 0.15) is 18.4 Å². The minimum absolute atomic E-state index is 0.0959. The fourth-order valence-electron chi connectivity index (χ4n) is 3.93. The van der Waals surface area contributed by atoms with Gasteiger partial charge in [0.15, 0.2) is 0 Å². The van der Waals surface area contributed by atoms with Crippen LogP contribution in [-0.4, -0.2) is 51.7 Å². The quantitative estimate of drug-likeness (QED) is 0.631. The molecule has 0 unspecified atom stereocenters. The molecule has 30 heavy (non-hydrogen) atoms. The molecular formula is C23H25ClN4O2. The Kier molecular flexibility index (Phi) is 6.45. The van der Waals surface area contributed by atoms with E-state index in [-0.39, 0.29) is 11.3 Å². The summed E-state index contributed by atoms with van der Waals surface area (Å²) >= 11 is 5.97. The van der Waals surface area contributed by atoms with E-state index in [1.165, 1.54) is 11.8 Å². The predicted octanol–water partition coefficient (Wildman–Crippen LogP) is 3.17. The summed E-state index contributed by atoms with van der Waals surface area (Å²) in [4.78, 5) is 29.1. The number of hydrogen-bond acceptors (Lipinski definition) is 4. The van der Waals surface area contributed by atoms with E-state index in [1.807, 2.05) is 35.2 Å². The third-order valence-corrected chi connectivity index (χ3v) is 5.81. The second-order valence-corrected chi connectivity index (χ2v) is 8.07. The fourth-order valence-corrected chi connectivity index (χ4v) is 4.05. The normalized spacial score (nSPS) is 15.3. The van der Waals surface area contributed by atoms with Gasteiger partial charge in [-0.1, -0.05) is 35.9 Å². The number of fused-ring (bicyclic) bond motifs is 1. The molecule has 3 aromatic rings. The predicted molar refractivity (Wildman–Crippen MR) is 119 cm³/mol. The number of carbonyl (C=O) groups is 1. The third-order valence-electron chi connectivity index (χ3n) is 5.56. The minimum Gasteiger partial charge on any atom is -0.341 e. The summed E-state index contributed by atoms with van der Waals surface area (Å²) in [5, 5.41) is 5.60. The van der Waals surface area contributed by atoms with E-state index in [9.17, 15) is 9.59 Å². The van der Waals surface area contributed by atoms with E-state index in [4.69, 9.17) is 11.6 Å². The van der Waals surface area contributed by atoms with Crippen molar-refractivity contribution in [3.8, 4) is 0 Å². The first kappa shape index (κ1) is 20.6. The average Bonchev–Trinajstić information content (AvgIpc) is 3.01. The van der Waals surface area contributed by atoms with Crippen LogP contribution in [0.2, 0.25) is 5.02 Å². The standard InChI is InChI=1S/C23H25ClN4O2/c24-19-8-6-18(7-9-19)17-26-11-3-12-27(15-14-26)23(30)10-13-28-21-5-2-1-4-20(21)22(29)16-25-28/h1-2,4-9,16H,3,10-15,17H2. The van der Waals surface area contributed by atoms with Crippen molar-refractivity contribution in [1.29, 1.82) is 0 Å². The molecule has 1 amide bonds. The van der Waals surface area contributed by atoms with Crippen LogP contribution in [-0.2, 0) is 17.9 Å². The van der Waals surface area contributed by atoms with Crippen LogP contribution >= 0.6 is 11.6 Å². The molecule has 1 fully saturated rings. The van der Waals surface area contributed by atoms with Crippen molar-refractivity contribution < 1.29 is 4.79 Å². The number of benzene rings is 2. The lowest BCUT2D eigenvalue weighted by atomic mass is 10.2. The van der Waals surface area contributed by atoms with Gasteiger partial charge in [-0.15, -0.1) is 0 Å². The number of amides is 1. The number of nitrogens with zero attached hydrogens (tertiary/aromatic N) is 4. The van der Waals surface area contributed by atoms with E-state index in [0.717, 1.165) is 49.7 Å². The Labute approximate surface area is 180 Å². The van der Waals surface area contributed by atoms with Gasteiger partial charge in [0, 0.05) is 49.6 Å². The third kappa shape index (κ3) is 4.89. The van der Waals surface area contributed by atoms with Crippen LogP contribution in [0.25, 0.3) is 10.9 Å². The maximum Gasteiger partial charge on any atom is 0.224 e. The first-order valence-corrected chi connectivity index (χ1v) is 10.7. The lowest BCUT2D eigenvalue weighted by Crippen LogP contribution is -2.35. The van der Waals surface area contributed by atoms with Crippen LogP contribution in [0.15, 0.2) is 59.5 Å². The van der Waals surface area contributed by atoms with Crippen molar-refractivity contribution in [2.24, 2.45) is 0 Å². The topological polar surface area (TPSA) is 58.4 Å². The van der Waals surface area contributed by atoms with Gasteiger partial charge in [0.2, 0.25) is 11.3 Å². The maximum absolute atomic E-state index is 12.8. The van der Waals surface area contributed by atoms with Gasteiger partial charge >= 0.3 is 0 Å². The Hall–Kier alpha value is -2.70. The largest absolute Gasteiger partial charge is 0.341 e. The molecule has 2 aromatic carbocycles. The van der Waals surface area contributed by atoms with E-state index < -0.39 is 0 Å². The maximum atomic E-state index is 12.8. The van der Waals surface area contributed by atoms with Gasteiger partial charge in [-0.25, -0.2) is 0 Å². The Bertz CT molecular complexity index is 1080. The van der Waals surface area contributed by atoms with Gasteiger partial charge < -0.3 is 4.90 Å². The molecule has 0 spiro atoms. The molecule has 4 rings (SSSR count). The van der Waals surface area contributed by atoms with E-state index in [2.05, 4.69) is 22.1 Å². The van der Waals surface area contributed by atoms with E-state index >= 15 is 0 Å². The highest BCUT2D eigenvalue weighted by molar-refractivity contribution is 6.30. The number of halogens is 1. The second kappa shape index (κ2) is 9.41. The first-order chi connectivity index (χ1) is 14.6. The number of hydrogen-bond donors (Lipinski definition) is 0. The molecule has 0 N–H and O–H groups in total. The Morgan fingerprint density at radius 2 is 1.80 bits per heavy atom. The van der Waals surface area contributed by atoms with Gasteiger partial charge in [-0.3, -0.25) is 19.2 Å². The number of aryl methyl sites for hydroxylation is 1. The summed E-state index contributed by atoms with van der Waals surface area (Å²) in [6.45, 7) is 4.65. The molecule has 6 nitrogen and oxygen atoms in total. The van der Waals surface area contributed by atoms with Crippen molar-refractivity contribution >= 4 is 28.4 Å². The average molecular weight is 425 g/mol. The molecule has 1 aliphatic rings. The summed E-state index contributed by atoms with van der Waals surface area (Å²) < 4.78 is 1.75. The molecule has 0 atom stereocenters. The lowest BCUT2D eigenvalue weighted by Gasteiger charge is -2.22. The molecule has 1 aliphatic heterocycles. The van der Waals surface area contributed by atoms with Crippen LogP contribution < -0.4 is 5.43 Å². The molecule has 1 saturated heterocycles. The molecule has 156 valence electrons. The Morgan fingerprint density at radius 1 is 1.00 bits per heavy atom. The first-order valence-electron chi connectivity index (χ1n) is 10.3. The van der Waals surface area contributed by atoms with E-state index in [0.29, 0.717) is 18.4 Å². The molecule has 0 aliphatic carbocycles. The summed E-state index contributed by atoms with van der Waals surface area (Å²) in [5.74, 6) is 0.132. The number of para-hydroxylation sites is 1. The lowest BCUT2D eigenvalue weighted by molar-refractivity contribution is -0.131. The fraction of sp³-hybridized carbons (Fsp3) is 0.348. The highest BCUT2D eigenvalue weighted by atomic mass is 35.5. The van der Waals surface area contributed by atoms with Gasteiger partial charge in [-0.05, 0) is 36.2 Å². The summed E-state index contributed by atoms with van der Waals surface area (Å²) in [6, 6.07) is 15.3. The van der Waals surface area contributed by atoms with Gasteiger partial charge in [0.25, 0.3) is 0 Å². The highest BCUT2D eigenvalue weighted by Crippen LogP contribution is 2.14. The summed E-state index contributed by atoms with van der Waals surface area (Å²) in [7, 11) is 0. The zero-order valence-electron chi connectivity index (χ0n) is 16.8. The SMILES string of the molecule is O=C(CCn1ncc(=O)c2ccccc21)N1CCCN(Cc2ccc(Cl)cc2)CC1. The number of aromatic nitrogens is 2. The van der Waals surface area contributed by atoms with Crippen molar-refractivity contribution in [3.63, 3.8) is 0 Å². The van der Waals surface area contributed by atoms with Gasteiger partial charge in [0.05, 0.1) is 18.3 Å². The number of rotatable bonds is 5. The van der Waals surface area contributed by atoms with Crippen LogP contribution in [0.3, 0.4) is 0 Å². The van der Waals surface area contributed by atoms with Crippen molar-refractivity contribution in [2.75, 3.05) is 26.2 Å². The van der Waals surface area contributed by atoms with Crippen LogP contribution in [0.4, 0.5) is 0 Å². The van der Waals surface area contributed by atoms with Crippen molar-refractivity contribution in [3.05, 3.63) is 75.5 Å². The van der Waals surface area contributed by atoms with Gasteiger partial charge in [0.1, 0.15) is 0 Å². The molecule has 1 aromatic heterocycles. The summed E-state index contributed by atoms with van der Waals surface area (Å²) in [5.41, 5.74) is 1.90. The summed E-state index contributed by atoms with van der Waals surface area (Å²) in [6.07, 6.45) is 2.66. The van der Waals surface area contributed by atoms with Crippen LogP contribution in [0.5, 0.6) is 0 Å². The number of carbonyl (C=O) groups excluding carboxylic acids is 1. The second-order valence-electron chi connectivity index (χ2n) is 7.64.